The molecule has 0 aliphatic rings. The van der Waals surface area contributed by atoms with Gasteiger partial charge >= 0.3 is 5.97 Å². The lowest BCUT2D eigenvalue weighted by molar-refractivity contribution is 0.0601. The second kappa shape index (κ2) is 3.92. The second-order valence-corrected chi connectivity index (χ2v) is 2.67. The molecule has 3 nitrogen and oxygen atoms in total. The van der Waals surface area contributed by atoms with E-state index in [2.05, 4.69) is 9.58 Å². The Morgan fingerprint density at radius 3 is 2.85 bits per heavy atom. The van der Waals surface area contributed by atoms with Gasteiger partial charge in [-0.25, -0.2) is 9.64 Å². The highest BCUT2D eigenvalue weighted by molar-refractivity contribution is 6.33. The van der Waals surface area contributed by atoms with Crippen LogP contribution in [0.25, 0.3) is 4.85 Å². The highest BCUT2D eigenvalue weighted by Gasteiger charge is 2.10. The predicted octanol–water partition coefficient (Wildman–Crippen LogP) is 2.68. The maximum Gasteiger partial charge on any atom is 0.338 e. The molecule has 1 aromatic carbocycles. The largest absolute Gasteiger partial charge is 0.465 e. The quantitative estimate of drug-likeness (QED) is 0.510. The Labute approximate surface area is 80.7 Å². The number of benzene rings is 1. The summed E-state index contributed by atoms with van der Waals surface area (Å²) in [7, 11) is 1.27. The molecule has 0 aliphatic carbocycles. The van der Waals surface area contributed by atoms with Crippen LogP contribution in [0.4, 0.5) is 5.69 Å². The summed E-state index contributed by atoms with van der Waals surface area (Å²) in [5.41, 5.74) is 0.586. The third-order valence-corrected chi connectivity index (χ3v) is 1.81. The number of carbonyl (C=O) groups is 1. The smallest absolute Gasteiger partial charge is 0.338 e. The van der Waals surface area contributed by atoms with Gasteiger partial charge in [0.15, 0.2) is 5.69 Å². The monoisotopic (exact) mass is 195 g/mol. The van der Waals surface area contributed by atoms with Crippen molar-refractivity contribution in [1.82, 2.24) is 0 Å². The van der Waals surface area contributed by atoms with Crippen molar-refractivity contribution in [2.75, 3.05) is 7.11 Å². The van der Waals surface area contributed by atoms with Crippen LogP contribution in [0.2, 0.25) is 5.02 Å². The molecule has 4 heteroatoms. The third-order valence-electron chi connectivity index (χ3n) is 1.48. The van der Waals surface area contributed by atoms with E-state index in [0.29, 0.717) is 10.7 Å². The molecule has 0 aliphatic heterocycles. The number of hydrogen-bond acceptors (Lipinski definition) is 2. The van der Waals surface area contributed by atoms with Crippen molar-refractivity contribution in [3.8, 4) is 0 Å². The molecule has 0 amide bonds. The number of halogens is 1. The summed E-state index contributed by atoms with van der Waals surface area (Å²) in [6.07, 6.45) is 0. The summed E-state index contributed by atoms with van der Waals surface area (Å²) in [5.74, 6) is -0.532. The van der Waals surface area contributed by atoms with Crippen LogP contribution in [0.1, 0.15) is 10.4 Å². The highest BCUT2D eigenvalue weighted by Crippen LogP contribution is 2.22. The zero-order valence-corrected chi connectivity index (χ0v) is 7.63. The van der Waals surface area contributed by atoms with Crippen LogP contribution in [0.15, 0.2) is 18.2 Å². The Hall–Kier alpha value is -1.53. The first kappa shape index (κ1) is 9.56. The van der Waals surface area contributed by atoms with Gasteiger partial charge in [0.1, 0.15) is 0 Å². The average Bonchev–Trinajstić information content (AvgIpc) is 2.17. The van der Waals surface area contributed by atoms with Crippen molar-refractivity contribution in [2.45, 2.75) is 0 Å². The topological polar surface area (TPSA) is 30.7 Å². The van der Waals surface area contributed by atoms with Crippen molar-refractivity contribution < 1.29 is 9.53 Å². The van der Waals surface area contributed by atoms with Crippen LogP contribution in [-0.2, 0) is 4.74 Å². The molecule has 1 aromatic rings. The van der Waals surface area contributed by atoms with Gasteiger partial charge in [-0.1, -0.05) is 23.7 Å². The first-order valence-corrected chi connectivity index (χ1v) is 3.82. The Balaban J connectivity index is 3.20. The highest BCUT2D eigenvalue weighted by atomic mass is 35.5. The standard InChI is InChI=1S/C9H6ClNO2/c1-11-6-3-4-8(10)7(5-6)9(12)13-2/h3-5H,2H3. The van der Waals surface area contributed by atoms with Gasteiger partial charge in [0.25, 0.3) is 0 Å². The number of rotatable bonds is 1. The van der Waals surface area contributed by atoms with Crippen LogP contribution in [0.5, 0.6) is 0 Å². The summed E-state index contributed by atoms with van der Waals surface area (Å²) < 4.78 is 4.49. The first-order valence-electron chi connectivity index (χ1n) is 3.44. The van der Waals surface area contributed by atoms with E-state index < -0.39 is 5.97 Å². The molecular formula is C9H6ClNO2. The number of carbonyl (C=O) groups excluding carboxylic acids is 1. The fourth-order valence-corrected chi connectivity index (χ4v) is 1.04. The first-order chi connectivity index (χ1) is 6.19. The van der Waals surface area contributed by atoms with Gasteiger partial charge < -0.3 is 4.74 Å². The molecule has 0 aromatic heterocycles. The molecule has 0 fully saturated rings. The minimum absolute atomic E-state index is 0.220. The number of hydrogen-bond donors (Lipinski definition) is 0. The van der Waals surface area contributed by atoms with Gasteiger partial charge in [-0.3, -0.25) is 0 Å². The van der Waals surface area contributed by atoms with Crippen molar-refractivity contribution in [3.63, 3.8) is 0 Å². The molecule has 0 unspecified atom stereocenters. The maximum atomic E-state index is 11.1. The lowest BCUT2D eigenvalue weighted by Crippen LogP contribution is -2.01. The van der Waals surface area contributed by atoms with Crippen LogP contribution in [0.3, 0.4) is 0 Å². The minimum Gasteiger partial charge on any atom is -0.465 e. The van der Waals surface area contributed by atoms with Crippen molar-refractivity contribution >= 4 is 23.3 Å². The summed E-state index contributed by atoms with van der Waals surface area (Å²) in [5, 5.41) is 0.291. The molecule has 0 atom stereocenters. The molecule has 0 saturated carbocycles. The van der Waals surface area contributed by atoms with Crippen LogP contribution < -0.4 is 0 Å². The van der Waals surface area contributed by atoms with E-state index in [0.717, 1.165) is 0 Å². The fourth-order valence-electron chi connectivity index (χ4n) is 0.849. The summed E-state index contributed by atoms with van der Waals surface area (Å²) >= 11 is 5.72. The fraction of sp³-hybridized carbons (Fsp3) is 0.111. The Bertz CT molecular complexity index is 382. The summed E-state index contributed by atoms with van der Waals surface area (Å²) in [4.78, 5) is 14.3. The summed E-state index contributed by atoms with van der Waals surface area (Å²) in [6, 6.07) is 4.45. The lowest BCUT2D eigenvalue weighted by Gasteiger charge is -2.01. The number of ether oxygens (including phenoxy) is 1. The van der Waals surface area contributed by atoms with Crippen LogP contribution in [-0.4, -0.2) is 13.1 Å². The molecule has 0 radical (unpaired) electrons. The average molecular weight is 196 g/mol. The third kappa shape index (κ3) is 1.98. The molecule has 66 valence electrons. The van der Waals surface area contributed by atoms with Crippen LogP contribution >= 0.6 is 11.6 Å². The number of nitrogens with zero attached hydrogens (tertiary/aromatic N) is 1. The molecule has 0 saturated heterocycles. The molecule has 13 heavy (non-hydrogen) atoms. The number of methoxy groups -OCH3 is 1. The zero-order valence-electron chi connectivity index (χ0n) is 6.87. The second-order valence-electron chi connectivity index (χ2n) is 2.27. The van der Waals surface area contributed by atoms with E-state index in [-0.39, 0.29) is 5.56 Å². The van der Waals surface area contributed by atoms with E-state index in [1.54, 1.807) is 6.07 Å². The van der Waals surface area contributed by atoms with Gasteiger partial charge in [0.05, 0.1) is 24.3 Å². The van der Waals surface area contributed by atoms with Crippen molar-refractivity contribution in [3.05, 3.63) is 40.2 Å². The van der Waals surface area contributed by atoms with Gasteiger partial charge in [-0.2, -0.15) is 0 Å². The number of esters is 1. The Morgan fingerprint density at radius 1 is 1.62 bits per heavy atom. The summed E-state index contributed by atoms with van der Waals surface area (Å²) in [6.45, 7) is 6.74. The zero-order chi connectivity index (χ0) is 9.84. The molecule has 0 spiro atoms. The van der Waals surface area contributed by atoms with E-state index in [1.807, 2.05) is 0 Å². The Morgan fingerprint density at radius 2 is 2.31 bits per heavy atom. The SMILES string of the molecule is [C-]#[N+]c1ccc(Cl)c(C(=O)OC)c1. The predicted molar refractivity (Wildman–Crippen MR) is 49.1 cm³/mol. The normalized spacial score (nSPS) is 9.00. The minimum atomic E-state index is -0.532. The van der Waals surface area contributed by atoms with Crippen LogP contribution in [0, 0.1) is 6.57 Å². The molecule has 0 heterocycles. The van der Waals surface area contributed by atoms with E-state index in [4.69, 9.17) is 18.2 Å². The Kier molecular flexibility index (Phi) is 2.88. The van der Waals surface area contributed by atoms with Crippen molar-refractivity contribution in [1.29, 1.82) is 0 Å². The molecule has 0 bridgehead atoms. The van der Waals surface area contributed by atoms with E-state index in [9.17, 15) is 4.79 Å². The van der Waals surface area contributed by atoms with E-state index in [1.165, 1.54) is 19.2 Å². The van der Waals surface area contributed by atoms with Gasteiger partial charge in [0.2, 0.25) is 0 Å². The van der Waals surface area contributed by atoms with Gasteiger partial charge in [-0.15, -0.1) is 0 Å². The molecule has 0 N–H and O–H groups in total. The molecule has 1 rings (SSSR count). The van der Waals surface area contributed by atoms with E-state index >= 15 is 0 Å². The molecular weight excluding hydrogens is 190 g/mol. The lowest BCUT2D eigenvalue weighted by atomic mass is 10.2. The van der Waals surface area contributed by atoms with Gasteiger partial charge in [0, 0.05) is 0 Å². The maximum absolute atomic E-state index is 11.1. The van der Waals surface area contributed by atoms with Gasteiger partial charge in [-0.05, 0) is 6.07 Å². The van der Waals surface area contributed by atoms with Crippen molar-refractivity contribution in [2.24, 2.45) is 0 Å².